The van der Waals surface area contributed by atoms with E-state index in [4.69, 9.17) is 11.6 Å². The summed E-state index contributed by atoms with van der Waals surface area (Å²) in [6.07, 6.45) is -2.87. The number of hydrogen-bond acceptors (Lipinski definition) is 1. The van der Waals surface area contributed by atoms with Crippen molar-refractivity contribution in [2.45, 2.75) is 11.8 Å². The molecule has 0 unspecified atom stereocenters. The highest BCUT2D eigenvalue weighted by molar-refractivity contribution is 9.08. The molecule has 0 saturated heterocycles. The van der Waals surface area contributed by atoms with Crippen LogP contribution >= 0.6 is 27.5 Å². The Hall–Kier alpha value is -0.290. The van der Waals surface area contributed by atoms with Gasteiger partial charge >= 0.3 is 0 Å². The van der Waals surface area contributed by atoms with Gasteiger partial charge in [-0.2, -0.15) is 4.39 Å². The van der Waals surface area contributed by atoms with Crippen LogP contribution < -0.4 is 0 Å². The molecule has 1 heterocycles. The number of rotatable bonds is 2. The molecule has 0 aromatic carbocycles. The molecule has 0 amide bonds. The molecule has 72 valence electrons. The lowest BCUT2D eigenvalue weighted by atomic mass is 10.2. The van der Waals surface area contributed by atoms with Gasteiger partial charge in [-0.05, 0) is 6.07 Å². The summed E-state index contributed by atoms with van der Waals surface area (Å²) in [6, 6.07) is 1.00. The van der Waals surface area contributed by atoms with Crippen molar-refractivity contribution in [1.29, 1.82) is 0 Å². The minimum absolute atomic E-state index is 0.0984. The van der Waals surface area contributed by atoms with Crippen LogP contribution in [0.5, 0.6) is 0 Å². The fraction of sp³-hybridized carbons (Fsp3) is 0.286. The molecule has 1 aromatic rings. The van der Waals surface area contributed by atoms with Crippen molar-refractivity contribution in [3.8, 4) is 0 Å². The van der Waals surface area contributed by atoms with Crippen LogP contribution in [0.3, 0.4) is 0 Å². The highest BCUT2D eigenvalue weighted by Crippen LogP contribution is 2.26. The molecular formula is C7H4BrClF3N. The molecule has 1 nitrogen and oxygen atoms in total. The molecule has 1 aromatic heterocycles. The van der Waals surface area contributed by atoms with Crippen LogP contribution in [0.4, 0.5) is 13.2 Å². The maximum atomic E-state index is 12.7. The van der Waals surface area contributed by atoms with Crippen molar-refractivity contribution in [3.05, 3.63) is 28.3 Å². The molecule has 0 saturated carbocycles. The molecule has 0 spiro atoms. The van der Waals surface area contributed by atoms with Gasteiger partial charge in [0.1, 0.15) is 5.15 Å². The summed E-state index contributed by atoms with van der Waals surface area (Å²) < 4.78 is 37.0. The summed E-state index contributed by atoms with van der Waals surface area (Å²) in [7, 11) is 0. The number of aromatic nitrogens is 1. The fourth-order valence-electron chi connectivity index (χ4n) is 0.776. The normalized spacial score (nSPS) is 10.9. The predicted octanol–water partition coefficient (Wildman–Crippen LogP) is 3.71. The highest BCUT2D eigenvalue weighted by Gasteiger charge is 2.17. The van der Waals surface area contributed by atoms with Crippen LogP contribution in [-0.2, 0) is 5.33 Å². The van der Waals surface area contributed by atoms with Gasteiger partial charge in [0.2, 0.25) is 5.95 Å². The lowest BCUT2D eigenvalue weighted by Crippen LogP contribution is -1.98. The summed E-state index contributed by atoms with van der Waals surface area (Å²) in [4.78, 5) is 3.15. The summed E-state index contributed by atoms with van der Waals surface area (Å²) in [5.41, 5.74) is -0.378. The standard InChI is InChI=1S/C7H4BrClF3N/c8-2-3-1-4(6(10)11)7(12)13-5(3)9/h1,6H,2H2. The summed E-state index contributed by atoms with van der Waals surface area (Å²) in [6.45, 7) is 0. The van der Waals surface area contributed by atoms with Gasteiger partial charge < -0.3 is 0 Å². The zero-order valence-electron chi connectivity index (χ0n) is 6.20. The summed E-state index contributed by atoms with van der Waals surface area (Å²) in [5.74, 6) is -1.22. The van der Waals surface area contributed by atoms with E-state index in [1.807, 2.05) is 0 Å². The van der Waals surface area contributed by atoms with E-state index in [1.54, 1.807) is 0 Å². The maximum absolute atomic E-state index is 12.7. The third kappa shape index (κ3) is 2.34. The predicted molar refractivity (Wildman–Crippen MR) is 46.8 cm³/mol. The molecule has 0 aliphatic heterocycles. The van der Waals surface area contributed by atoms with Crippen molar-refractivity contribution in [2.24, 2.45) is 0 Å². The quantitative estimate of drug-likeness (QED) is 0.592. The third-order valence-electron chi connectivity index (χ3n) is 1.41. The monoisotopic (exact) mass is 273 g/mol. The molecule has 0 fully saturated rings. The van der Waals surface area contributed by atoms with Gasteiger partial charge in [0.25, 0.3) is 6.43 Å². The average Bonchev–Trinajstić information content (AvgIpc) is 2.03. The molecule has 0 aliphatic rings. The Bertz CT molecular complexity index is 319. The molecule has 0 atom stereocenters. The second-order valence-corrected chi connectivity index (χ2v) is 3.17. The zero-order valence-corrected chi connectivity index (χ0v) is 8.54. The SMILES string of the molecule is Fc1nc(Cl)c(CBr)cc1C(F)F. The van der Waals surface area contributed by atoms with Crippen molar-refractivity contribution in [1.82, 2.24) is 4.98 Å². The van der Waals surface area contributed by atoms with E-state index in [-0.39, 0.29) is 10.5 Å². The molecular weight excluding hydrogens is 270 g/mol. The van der Waals surface area contributed by atoms with E-state index >= 15 is 0 Å². The van der Waals surface area contributed by atoms with Crippen LogP contribution in [0.25, 0.3) is 0 Å². The molecule has 6 heteroatoms. The molecule has 0 bridgehead atoms. The van der Waals surface area contributed by atoms with E-state index < -0.39 is 17.9 Å². The Morgan fingerprint density at radius 3 is 2.62 bits per heavy atom. The van der Waals surface area contributed by atoms with Crippen molar-refractivity contribution in [2.75, 3.05) is 0 Å². The minimum Gasteiger partial charge on any atom is -0.207 e. The lowest BCUT2D eigenvalue weighted by molar-refractivity contribution is 0.145. The second kappa shape index (κ2) is 4.28. The van der Waals surface area contributed by atoms with Crippen LogP contribution in [0, 0.1) is 5.95 Å². The van der Waals surface area contributed by atoms with Gasteiger partial charge in [0.05, 0.1) is 5.56 Å². The fourth-order valence-corrected chi connectivity index (χ4v) is 1.56. The maximum Gasteiger partial charge on any atom is 0.268 e. The summed E-state index contributed by atoms with van der Waals surface area (Å²) in [5, 5.41) is 0.164. The van der Waals surface area contributed by atoms with Gasteiger partial charge in [-0.25, -0.2) is 13.8 Å². The van der Waals surface area contributed by atoms with Crippen molar-refractivity contribution < 1.29 is 13.2 Å². The summed E-state index contributed by atoms with van der Waals surface area (Å²) >= 11 is 8.50. The van der Waals surface area contributed by atoms with E-state index in [1.165, 1.54) is 0 Å². The van der Waals surface area contributed by atoms with E-state index in [2.05, 4.69) is 20.9 Å². The number of hydrogen-bond donors (Lipinski definition) is 0. The number of nitrogens with zero attached hydrogens (tertiary/aromatic N) is 1. The van der Waals surface area contributed by atoms with Crippen molar-refractivity contribution >= 4 is 27.5 Å². The number of halogens is 5. The van der Waals surface area contributed by atoms with Crippen molar-refractivity contribution in [3.63, 3.8) is 0 Å². The number of pyridine rings is 1. The topological polar surface area (TPSA) is 12.9 Å². The van der Waals surface area contributed by atoms with Crippen LogP contribution in [0.15, 0.2) is 6.07 Å². The Morgan fingerprint density at radius 1 is 1.54 bits per heavy atom. The molecule has 0 radical (unpaired) electrons. The molecule has 0 N–H and O–H groups in total. The molecule has 1 rings (SSSR count). The Kier molecular flexibility index (Phi) is 3.55. The molecule has 13 heavy (non-hydrogen) atoms. The highest BCUT2D eigenvalue weighted by atomic mass is 79.9. The van der Waals surface area contributed by atoms with E-state index in [0.29, 0.717) is 5.56 Å². The Morgan fingerprint density at radius 2 is 2.15 bits per heavy atom. The first-order valence-electron chi connectivity index (χ1n) is 3.25. The smallest absolute Gasteiger partial charge is 0.207 e. The molecule has 0 aliphatic carbocycles. The first kappa shape index (κ1) is 10.8. The first-order valence-corrected chi connectivity index (χ1v) is 4.75. The van der Waals surface area contributed by atoms with E-state index in [9.17, 15) is 13.2 Å². The zero-order chi connectivity index (χ0) is 10.0. The minimum atomic E-state index is -2.87. The van der Waals surface area contributed by atoms with Gasteiger partial charge in [-0.3, -0.25) is 0 Å². The largest absolute Gasteiger partial charge is 0.268 e. The Balaban J connectivity index is 3.22. The van der Waals surface area contributed by atoms with Crippen LogP contribution in [0.1, 0.15) is 17.6 Å². The van der Waals surface area contributed by atoms with E-state index in [0.717, 1.165) is 6.07 Å². The average molecular weight is 274 g/mol. The van der Waals surface area contributed by atoms with Gasteiger partial charge in [0.15, 0.2) is 0 Å². The van der Waals surface area contributed by atoms with Gasteiger partial charge in [0, 0.05) is 10.9 Å². The lowest BCUT2D eigenvalue weighted by Gasteiger charge is -2.04. The second-order valence-electron chi connectivity index (χ2n) is 2.25. The van der Waals surface area contributed by atoms with Gasteiger partial charge in [-0.1, -0.05) is 27.5 Å². The third-order valence-corrected chi connectivity index (χ3v) is 2.34. The van der Waals surface area contributed by atoms with Crippen LogP contribution in [-0.4, -0.2) is 4.98 Å². The van der Waals surface area contributed by atoms with Gasteiger partial charge in [-0.15, -0.1) is 0 Å². The Labute approximate surface area is 86.0 Å². The first-order chi connectivity index (χ1) is 6.06. The van der Waals surface area contributed by atoms with Crippen LogP contribution in [0.2, 0.25) is 5.15 Å². The number of alkyl halides is 3.